The van der Waals surface area contributed by atoms with E-state index < -0.39 is 0 Å². The first-order valence-corrected chi connectivity index (χ1v) is 11.7. The summed E-state index contributed by atoms with van der Waals surface area (Å²) in [6, 6.07) is 24.7. The summed E-state index contributed by atoms with van der Waals surface area (Å²) in [6.45, 7) is 2.22. The van der Waals surface area contributed by atoms with Crippen LogP contribution in [0.4, 0.5) is 0 Å². The second-order valence-corrected chi connectivity index (χ2v) is 8.64. The number of unbranched alkanes of at least 4 members (excludes halogenated alkanes) is 3. The fourth-order valence-electron chi connectivity index (χ4n) is 4.54. The molecular formula is C30H26O3. The van der Waals surface area contributed by atoms with Gasteiger partial charge in [-0.25, -0.2) is 0 Å². The van der Waals surface area contributed by atoms with Gasteiger partial charge in [0, 0.05) is 16.7 Å². The number of ether oxygens (including phenoxy) is 1. The van der Waals surface area contributed by atoms with Crippen molar-refractivity contribution >= 4 is 22.3 Å². The summed E-state index contributed by atoms with van der Waals surface area (Å²) >= 11 is 0. The second kappa shape index (κ2) is 9.03. The number of ketones is 2. The van der Waals surface area contributed by atoms with E-state index >= 15 is 0 Å². The van der Waals surface area contributed by atoms with Crippen LogP contribution in [0.5, 0.6) is 11.5 Å². The molecule has 1 aliphatic rings. The van der Waals surface area contributed by atoms with Gasteiger partial charge in [0.25, 0.3) is 0 Å². The first-order valence-electron chi connectivity index (χ1n) is 11.7. The average Bonchev–Trinajstić information content (AvgIpc) is 2.85. The third-order valence-electron chi connectivity index (χ3n) is 6.34. The Bertz CT molecular complexity index is 1350. The van der Waals surface area contributed by atoms with Crippen LogP contribution >= 0.6 is 0 Å². The van der Waals surface area contributed by atoms with Crippen LogP contribution in [0.25, 0.3) is 10.8 Å². The Balaban J connectivity index is 1.44. The quantitative estimate of drug-likeness (QED) is 0.249. The van der Waals surface area contributed by atoms with Crippen molar-refractivity contribution in [2.75, 3.05) is 0 Å². The molecule has 0 radical (unpaired) electrons. The lowest BCUT2D eigenvalue weighted by Crippen LogP contribution is -2.21. The number of rotatable bonds is 7. The van der Waals surface area contributed by atoms with Crippen molar-refractivity contribution in [3.05, 3.63) is 107 Å². The zero-order valence-corrected chi connectivity index (χ0v) is 18.8. The molecule has 0 aromatic heterocycles. The number of hydrogen-bond acceptors (Lipinski definition) is 3. The van der Waals surface area contributed by atoms with E-state index in [0.29, 0.717) is 33.8 Å². The molecule has 0 saturated heterocycles. The van der Waals surface area contributed by atoms with Crippen molar-refractivity contribution in [3.63, 3.8) is 0 Å². The van der Waals surface area contributed by atoms with Gasteiger partial charge in [0.1, 0.15) is 11.5 Å². The third-order valence-corrected chi connectivity index (χ3v) is 6.34. The predicted octanol–water partition coefficient (Wildman–Crippen LogP) is 7.53. The number of aryl methyl sites for hydroxylation is 1. The molecule has 0 fully saturated rings. The minimum absolute atomic E-state index is 0.141. The number of carbonyl (C=O) groups is 2. The van der Waals surface area contributed by atoms with Gasteiger partial charge < -0.3 is 4.74 Å². The Kier molecular flexibility index (Phi) is 5.78. The van der Waals surface area contributed by atoms with Crippen LogP contribution in [0, 0.1) is 0 Å². The van der Waals surface area contributed by atoms with E-state index in [1.54, 1.807) is 18.2 Å². The second-order valence-electron chi connectivity index (χ2n) is 8.64. The summed E-state index contributed by atoms with van der Waals surface area (Å²) in [5.41, 5.74) is 2.91. The number of carbonyl (C=O) groups excluding carboxylic acids is 2. The van der Waals surface area contributed by atoms with Crippen LogP contribution in [0.15, 0.2) is 78.9 Å². The highest BCUT2D eigenvalue weighted by Gasteiger charge is 2.32. The summed E-state index contributed by atoms with van der Waals surface area (Å²) in [7, 11) is 0. The van der Waals surface area contributed by atoms with Crippen molar-refractivity contribution in [3.8, 4) is 11.5 Å². The number of fused-ring (bicyclic) bond motifs is 3. The maximum atomic E-state index is 13.5. The molecule has 3 heteroatoms. The lowest BCUT2D eigenvalue weighted by Gasteiger charge is -2.21. The average molecular weight is 435 g/mol. The Morgan fingerprint density at radius 3 is 2.06 bits per heavy atom. The summed E-state index contributed by atoms with van der Waals surface area (Å²) in [5, 5.41) is 1.89. The van der Waals surface area contributed by atoms with Crippen LogP contribution in [-0.4, -0.2) is 11.6 Å². The van der Waals surface area contributed by atoms with Crippen LogP contribution in [0.2, 0.25) is 0 Å². The summed E-state index contributed by atoms with van der Waals surface area (Å²) in [4.78, 5) is 26.8. The van der Waals surface area contributed by atoms with E-state index in [-0.39, 0.29) is 11.6 Å². The fourth-order valence-corrected chi connectivity index (χ4v) is 4.54. The molecular weight excluding hydrogens is 408 g/mol. The highest BCUT2D eigenvalue weighted by Crippen LogP contribution is 2.37. The third kappa shape index (κ3) is 4.07. The SMILES string of the molecule is CCCCCCc1ccc(Oc2cccc3c2C(=O)c2cc4ccccc4cc2C3=O)cc1. The molecule has 0 amide bonds. The molecule has 0 bridgehead atoms. The molecule has 3 nitrogen and oxygen atoms in total. The van der Waals surface area contributed by atoms with Crippen LogP contribution in [0.3, 0.4) is 0 Å². The summed E-state index contributed by atoms with van der Waals surface area (Å²) < 4.78 is 6.12. The van der Waals surface area contributed by atoms with Gasteiger partial charge in [-0.1, -0.05) is 74.7 Å². The molecule has 0 N–H and O–H groups in total. The highest BCUT2D eigenvalue weighted by molar-refractivity contribution is 6.30. The lowest BCUT2D eigenvalue weighted by molar-refractivity contribution is 0.0977. The smallest absolute Gasteiger partial charge is 0.198 e. The van der Waals surface area contributed by atoms with E-state index in [4.69, 9.17) is 4.74 Å². The first-order chi connectivity index (χ1) is 16.2. The Morgan fingerprint density at radius 2 is 1.36 bits per heavy atom. The Morgan fingerprint density at radius 1 is 0.667 bits per heavy atom. The van der Waals surface area contributed by atoms with Gasteiger partial charge in [-0.2, -0.15) is 0 Å². The van der Waals surface area contributed by atoms with Crippen LogP contribution in [0.1, 0.15) is 70.0 Å². The number of hydrogen-bond donors (Lipinski definition) is 0. The Hall–Kier alpha value is -3.72. The van der Waals surface area contributed by atoms with Crippen molar-refractivity contribution < 1.29 is 14.3 Å². The monoisotopic (exact) mass is 434 g/mol. The Labute approximate surface area is 194 Å². The van der Waals surface area contributed by atoms with Crippen molar-refractivity contribution in [2.24, 2.45) is 0 Å². The van der Waals surface area contributed by atoms with Crippen molar-refractivity contribution in [1.29, 1.82) is 0 Å². The summed E-state index contributed by atoms with van der Waals surface area (Å²) in [5.74, 6) is 0.761. The van der Waals surface area contributed by atoms with E-state index in [1.165, 1.54) is 31.2 Å². The highest BCUT2D eigenvalue weighted by atomic mass is 16.5. The molecule has 0 aliphatic heterocycles. The first kappa shape index (κ1) is 21.1. The fraction of sp³-hybridized carbons (Fsp3) is 0.200. The zero-order chi connectivity index (χ0) is 22.8. The minimum atomic E-state index is -0.173. The molecule has 0 spiro atoms. The number of benzene rings is 4. The van der Waals surface area contributed by atoms with Crippen molar-refractivity contribution in [1.82, 2.24) is 0 Å². The molecule has 0 atom stereocenters. The lowest BCUT2D eigenvalue weighted by atomic mass is 9.82. The van der Waals surface area contributed by atoms with Crippen LogP contribution in [-0.2, 0) is 6.42 Å². The molecule has 5 rings (SSSR count). The molecule has 0 heterocycles. The topological polar surface area (TPSA) is 43.4 Å². The largest absolute Gasteiger partial charge is 0.457 e. The minimum Gasteiger partial charge on any atom is -0.457 e. The van der Waals surface area contributed by atoms with Gasteiger partial charge in [0.15, 0.2) is 11.6 Å². The van der Waals surface area contributed by atoms with Crippen LogP contribution < -0.4 is 4.74 Å². The van der Waals surface area contributed by atoms with E-state index in [9.17, 15) is 9.59 Å². The molecule has 0 unspecified atom stereocenters. The van der Waals surface area contributed by atoms with Gasteiger partial charge in [-0.15, -0.1) is 0 Å². The van der Waals surface area contributed by atoms with E-state index in [1.807, 2.05) is 48.5 Å². The van der Waals surface area contributed by atoms with Crippen molar-refractivity contribution in [2.45, 2.75) is 39.0 Å². The molecule has 164 valence electrons. The van der Waals surface area contributed by atoms with Gasteiger partial charge in [-0.05, 0) is 59.5 Å². The van der Waals surface area contributed by atoms with Gasteiger partial charge >= 0.3 is 0 Å². The maximum absolute atomic E-state index is 13.5. The van der Waals surface area contributed by atoms with E-state index in [2.05, 4.69) is 19.1 Å². The van der Waals surface area contributed by atoms with E-state index in [0.717, 1.165) is 17.2 Å². The molecule has 0 saturated carbocycles. The maximum Gasteiger partial charge on any atom is 0.198 e. The summed E-state index contributed by atoms with van der Waals surface area (Å²) in [6.07, 6.45) is 5.99. The van der Waals surface area contributed by atoms with Gasteiger partial charge in [0.05, 0.1) is 5.56 Å². The van der Waals surface area contributed by atoms with Gasteiger partial charge in [-0.3, -0.25) is 9.59 Å². The molecule has 4 aromatic rings. The standard InChI is InChI=1S/C30H26O3/c1-2-3-4-5-9-20-14-16-23(17-15-20)33-27-13-8-12-24-28(27)30(32)26-19-22-11-7-6-10-21(22)18-25(26)29(24)31/h6-8,10-19H,2-5,9H2,1H3. The normalized spacial score (nSPS) is 12.5. The zero-order valence-electron chi connectivity index (χ0n) is 18.8. The molecule has 1 aliphatic carbocycles. The predicted molar refractivity (Wildman–Crippen MR) is 132 cm³/mol. The molecule has 4 aromatic carbocycles. The molecule has 33 heavy (non-hydrogen) atoms. The van der Waals surface area contributed by atoms with Gasteiger partial charge in [0.2, 0.25) is 0 Å².